The van der Waals surface area contributed by atoms with Crippen LogP contribution in [0.2, 0.25) is 15.1 Å². The summed E-state index contributed by atoms with van der Waals surface area (Å²) in [6.07, 6.45) is 1.77. The van der Waals surface area contributed by atoms with Gasteiger partial charge >= 0.3 is 0 Å². The second-order valence-corrected chi connectivity index (χ2v) is 10.9. The van der Waals surface area contributed by atoms with Gasteiger partial charge in [-0.15, -0.1) is 0 Å². The first kappa shape index (κ1) is 26.4. The molecule has 0 bridgehead atoms. The normalized spacial score (nSPS) is 14.6. The standard InChI is InChI=1S/C29H21Cl3N2O3S/c1-17-13-20(14-27-28(35)34(29(36)38-27)24-7-5-21(30)6-8-24)18(2)33(17)23-9-11-25(12-10-23)37-16-19-3-4-22(31)15-26(19)32/h3-15H,16H2,1-2H3/b27-14+. The van der Waals surface area contributed by atoms with E-state index in [4.69, 9.17) is 39.5 Å². The molecule has 1 aliphatic rings. The number of aryl methyl sites for hydroxylation is 1. The predicted octanol–water partition coefficient (Wildman–Crippen LogP) is 8.87. The molecular formula is C29H21Cl3N2O3S. The molecule has 0 atom stereocenters. The lowest BCUT2D eigenvalue weighted by molar-refractivity contribution is -0.113. The molecule has 0 unspecified atom stereocenters. The summed E-state index contributed by atoms with van der Waals surface area (Å²) in [6, 6.07) is 21.7. The largest absolute Gasteiger partial charge is 0.489 e. The van der Waals surface area contributed by atoms with Crippen molar-refractivity contribution in [2.75, 3.05) is 4.90 Å². The highest BCUT2D eigenvalue weighted by molar-refractivity contribution is 8.19. The highest BCUT2D eigenvalue weighted by Crippen LogP contribution is 2.37. The van der Waals surface area contributed by atoms with Crippen LogP contribution in [0.15, 0.2) is 77.7 Å². The van der Waals surface area contributed by atoms with E-state index in [2.05, 4.69) is 4.57 Å². The lowest BCUT2D eigenvalue weighted by Crippen LogP contribution is -2.27. The van der Waals surface area contributed by atoms with E-state index in [-0.39, 0.29) is 11.1 Å². The molecule has 192 valence electrons. The zero-order valence-corrected chi connectivity index (χ0v) is 23.5. The van der Waals surface area contributed by atoms with Crippen LogP contribution in [0.25, 0.3) is 11.8 Å². The molecule has 2 amide bonds. The van der Waals surface area contributed by atoms with Crippen LogP contribution in [0.1, 0.15) is 22.5 Å². The van der Waals surface area contributed by atoms with E-state index in [1.165, 1.54) is 4.90 Å². The maximum atomic E-state index is 13.1. The quantitative estimate of drug-likeness (QED) is 0.213. The third kappa shape index (κ3) is 5.36. The summed E-state index contributed by atoms with van der Waals surface area (Å²) in [5.41, 5.74) is 5.09. The van der Waals surface area contributed by atoms with Crippen LogP contribution < -0.4 is 9.64 Å². The average Bonchev–Trinajstić information content (AvgIpc) is 3.32. The minimum atomic E-state index is -0.352. The highest BCUT2D eigenvalue weighted by atomic mass is 35.5. The Morgan fingerprint density at radius 2 is 1.50 bits per heavy atom. The number of carbonyl (C=O) groups excluding carboxylic acids is 2. The fourth-order valence-corrected chi connectivity index (χ4v) is 5.67. The summed E-state index contributed by atoms with van der Waals surface area (Å²) in [7, 11) is 0. The van der Waals surface area contributed by atoms with Crippen molar-refractivity contribution in [2.45, 2.75) is 20.5 Å². The van der Waals surface area contributed by atoms with Crippen molar-refractivity contribution in [3.05, 3.63) is 115 Å². The van der Waals surface area contributed by atoms with Gasteiger partial charge in [-0.05, 0) is 104 Å². The Balaban J connectivity index is 1.34. The Bertz CT molecular complexity index is 1580. The Morgan fingerprint density at radius 1 is 0.842 bits per heavy atom. The maximum absolute atomic E-state index is 13.1. The van der Waals surface area contributed by atoms with E-state index in [1.807, 2.05) is 50.2 Å². The van der Waals surface area contributed by atoms with Crippen LogP contribution in [0, 0.1) is 13.8 Å². The van der Waals surface area contributed by atoms with Gasteiger partial charge in [0.25, 0.3) is 11.1 Å². The lowest BCUT2D eigenvalue weighted by Gasteiger charge is -2.12. The van der Waals surface area contributed by atoms with Gasteiger partial charge in [-0.3, -0.25) is 9.59 Å². The first-order valence-electron chi connectivity index (χ1n) is 11.6. The van der Waals surface area contributed by atoms with Gasteiger partial charge in [-0.2, -0.15) is 0 Å². The monoisotopic (exact) mass is 582 g/mol. The van der Waals surface area contributed by atoms with Gasteiger partial charge in [0.1, 0.15) is 12.4 Å². The predicted molar refractivity (Wildman–Crippen MR) is 156 cm³/mol. The Morgan fingerprint density at radius 3 is 2.18 bits per heavy atom. The Labute approximate surface area is 239 Å². The summed E-state index contributed by atoms with van der Waals surface area (Å²) in [5, 5.41) is 1.34. The summed E-state index contributed by atoms with van der Waals surface area (Å²) in [4.78, 5) is 27.2. The molecule has 1 aliphatic heterocycles. The number of halogens is 3. The SMILES string of the molecule is Cc1cc(/C=C2/SC(=O)N(c3ccc(Cl)cc3)C2=O)c(C)n1-c1ccc(OCc2ccc(Cl)cc2Cl)cc1. The third-order valence-electron chi connectivity index (χ3n) is 6.14. The van der Waals surface area contributed by atoms with E-state index in [9.17, 15) is 9.59 Å². The number of carbonyl (C=O) groups is 2. The minimum Gasteiger partial charge on any atom is -0.489 e. The van der Waals surface area contributed by atoms with Crippen LogP contribution in [0.4, 0.5) is 10.5 Å². The van der Waals surface area contributed by atoms with E-state index in [0.29, 0.717) is 38.0 Å². The number of nitrogens with zero attached hydrogens (tertiary/aromatic N) is 2. The number of rotatable bonds is 6. The van der Waals surface area contributed by atoms with E-state index in [1.54, 1.807) is 42.5 Å². The van der Waals surface area contributed by atoms with Crippen molar-refractivity contribution in [3.8, 4) is 11.4 Å². The second-order valence-electron chi connectivity index (χ2n) is 8.67. The van der Waals surface area contributed by atoms with E-state index in [0.717, 1.165) is 40.0 Å². The molecule has 5 rings (SSSR count). The minimum absolute atomic E-state index is 0.325. The van der Waals surface area contributed by atoms with Gasteiger partial charge in [-0.1, -0.05) is 40.9 Å². The average molecular weight is 584 g/mol. The molecule has 0 spiro atoms. The van der Waals surface area contributed by atoms with Crippen LogP contribution in [0.3, 0.4) is 0 Å². The molecule has 0 radical (unpaired) electrons. The van der Waals surface area contributed by atoms with Gasteiger partial charge in [0.05, 0.1) is 10.6 Å². The van der Waals surface area contributed by atoms with Crippen molar-refractivity contribution in [3.63, 3.8) is 0 Å². The number of thioether (sulfide) groups is 1. The van der Waals surface area contributed by atoms with Gasteiger partial charge in [0.2, 0.25) is 0 Å². The number of hydrogen-bond acceptors (Lipinski definition) is 4. The Hall–Kier alpha value is -3.16. The molecule has 0 aliphatic carbocycles. The number of imide groups is 1. The van der Waals surface area contributed by atoms with Gasteiger partial charge in [0.15, 0.2) is 0 Å². The number of aromatic nitrogens is 1. The van der Waals surface area contributed by atoms with Gasteiger partial charge in [0, 0.05) is 37.7 Å². The zero-order chi connectivity index (χ0) is 27.0. The summed E-state index contributed by atoms with van der Waals surface area (Å²) >= 11 is 19.1. The smallest absolute Gasteiger partial charge is 0.298 e. The van der Waals surface area contributed by atoms with Crippen molar-refractivity contribution in [1.29, 1.82) is 0 Å². The van der Waals surface area contributed by atoms with Gasteiger partial charge in [-0.25, -0.2) is 4.90 Å². The first-order chi connectivity index (χ1) is 18.2. The molecule has 0 N–H and O–H groups in total. The molecule has 1 aromatic heterocycles. The molecule has 9 heteroatoms. The number of benzene rings is 3. The highest BCUT2D eigenvalue weighted by Gasteiger charge is 2.36. The lowest BCUT2D eigenvalue weighted by atomic mass is 10.2. The summed E-state index contributed by atoms with van der Waals surface area (Å²) < 4.78 is 7.99. The molecule has 4 aromatic rings. The van der Waals surface area contributed by atoms with Crippen molar-refractivity contribution < 1.29 is 14.3 Å². The topological polar surface area (TPSA) is 51.5 Å². The summed E-state index contributed by atoms with van der Waals surface area (Å²) in [5.74, 6) is 0.354. The van der Waals surface area contributed by atoms with Crippen molar-refractivity contribution in [1.82, 2.24) is 4.57 Å². The molecule has 2 heterocycles. The number of ether oxygens (including phenoxy) is 1. The Kier molecular flexibility index (Phi) is 7.59. The van der Waals surface area contributed by atoms with Crippen LogP contribution in [-0.4, -0.2) is 15.7 Å². The molecule has 1 saturated heterocycles. The fraction of sp³-hybridized carbons (Fsp3) is 0.103. The zero-order valence-electron chi connectivity index (χ0n) is 20.4. The second kappa shape index (κ2) is 10.9. The number of hydrogen-bond donors (Lipinski definition) is 0. The van der Waals surface area contributed by atoms with E-state index < -0.39 is 0 Å². The van der Waals surface area contributed by atoms with Gasteiger partial charge < -0.3 is 9.30 Å². The first-order valence-corrected chi connectivity index (χ1v) is 13.6. The van der Waals surface area contributed by atoms with Crippen LogP contribution >= 0.6 is 46.6 Å². The third-order valence-corrected chi connectivity index (χ3v) is 7.85. The van der Waals surface area contributed by atoms with Crippen molar-refractivity contribution in [2.24, 2.45) is 0 Å². The molecule has 38 heavy (non-hydrogen) atoms. The van der Waals surface area contributed by atoms with E-state index >= 15 is 0 Å². The molecular weight excluding hydrogens is 563 g/mol. The van der Waals surface area contributed by atoms with Crippen molar-refractivity contribution >= 4 is 69.5 Å². The number of amides is 2. The maximum Gasteiger partial charge on any atom is 0.298 e. The fourth-order valence-electron chi connectivity index (χ4n) is 4.24. The molecule has 1 fully saturated rings. The molecule has 0 saturated carbocycles. The summed E-state index contributed by atoms with van der Waals surface area (Å²) in [6.45, 7) is 4.30. The number of anilines is 1. The van der Waals surface area contributed by atoms with Crippen LogP contribution in [-0.2, 0) is 11.4 Å². The molecule has 5 nitrogen and oxygen atoms in total. The molecule has 3 aromatic carbocycles. The van der Waals surface area contributed by atoms with Crippen LogP contribution in [0.5, 0.6) is 5.75 Å².